The van der Waals surface area contributed by atoms with Gasteiger partial charge in [-0.2, -0.15) is 0 Å². The average Bonchev–Trinajstić information content (AvgIpc) is 2.01. The third-order valence-corrected chi connectivity index (χ3v) is 1.57. The molecule has 0 aromatic rings. The van der Waals surface area contributed by atoms with Gasteiger partial charge in [0.1, 0.15) is 0 Å². The molecule has 2 nitrogen and oxygen atoms in total. The monoisotopic (exact) mass is 166 g/mol. The zero-order chi connectivity index (χ0) is 9.56. The van der Waals surface area contributed by atoms with Gasteiger partial charge < -0.3 is 5.11 Å². The summed E-state index contributed by atoms with van der Waals surface area (Å²) in [6.07, 6.45) is 5.65. The van der Waals surface area contributed by atoms with E-state index in [-0.39, 0.29) is 0 Å². The second-order valence-electron chi connectivity index (χ2n) is 2.42. The lowest BCUT2D eigenvalue weighted by Gasteiger charge is -1.99. The van der Waals surface area contributed by atoms with Gasteiger partial charge in [0.2, 0.25) is 0 Å². The van der Waals surface area contributed by atoms with Crippen LogP contribution in [0.2, 0.25) is 0 Å². The Morgan fingerprint density at radius 2 is 2.17 bits per heavy atom. The summed E-state index contributed by atoms with van der Waals surface area (Å²) in [4.78, 5) is 10.6. The summed E-state index contributed by atoms with van der Waals surface area (Å²) in [6, 6.07) is 0. The standard InChI is InChI=1S/C10H14O2/c1-4-6-7-8(3)9(5-2)10(11)12/h4,6-7H,1,5H2,2-3H3,(H,11,12)/b7-6-,9-8+. The van der Waals surface area contributed by atoms with Crippen LogP contribution < -0.4 is 0 Å². The quantitative estimate of drug-likeness (QED) is 0.514. The van der Waals surface area contributed by atoms with E-state index in [1.54, 1.807) is 25.2 Å². The van der Waals surface area contributed by atoms with Crippen LogP contribution in [0.1, 0.15) is 20.3 Å². The fourth-order valence-corrected chi connectivity index (χ4v) is 0.912. The lowest BCUT2D eigenvalue weighted by molar-refractivity contribution is -0.132. The molecule has 0 aromatic heterocycles. The zero-order valence-electron chi connectivity index (χ0n) is 7.50. The predicted octanol–water partition coefficient (Wildman–Crippen LogP) is 2.54. The van der Waals surface area contributed by atoms with Crippen molar-refractivity contribution in [3.8, 4) is 0 Å². The second kappa shape index (κ2) is 5.35. The van der Waals surface area contributed by atoms with E-state index in [0.717, 1.165) is 5.57 Å². The van der Waals surface area contributed by atoms with Crippen molar-refractivity contribution in [2.45, 2.75) is 20.3 Å². The Morgan fingerprint density at radius 3 is 2.50 bits per heavy atom. The first-order chi connectivity index (χ1) is 5.63. The number of carboxylic acid groups (broad SMARTS) is 1. The minimum atomic E-state index is -0.844. The molecule has 0 bridgehead atoms. The Morgan fingerprint density at radius 1 is 1.58 bits per heavy atom. The van der Waals surface area contributed by atoms with Gasteiger partial charge >= 0.3 is 5.97 Å². The molecule has 0 radical (unpaired) electrons. The van der Waals surface area contributed by atoms with Crippen LogP contribution in [-0.2, 0) is 4.79 Å². The van der Waals surface area contributed by atoms with Crippen molar-refractivity contribution in [2.75, 3.05) is 0 Å². The number of hydrogen-bond acceptors (Lipinski definition) is 1. The molecule has 0 saturated carbocycles. The fourth-order valence-electron chi connectivity index (χ4n) is 0.912. The van der Waals surface area contributed by atoms with Crippen molar-refractivity contribution in [1.82, 2.24) is 0 Å². The molecule has 0 aliphatic heterocycles. The summed E-state index contributed by atoms with van der Waals surface area (Å²) in [5.74, 6) is -0.844. The second-order valence-corrected chi connectivity index (χ2v) is 2.42. The number of hydrogen-bond donors (Lipinski definition) is 1. The molecule has 0 spiro atoms. The minimum Gasteiger partial charge on any atom is -0.478 e. The third kappa shape index (κ3) is 3.19. The van der Waals surface area contributed by atoms with Gasteiger partial charge in [-0.25, -0.2) is 4.79 Å². The van der Waals surface area contributed by atoms with E-state index in [1.807, 2.05) is 6.92 Å². The van der Waals surface area contributed by atoms with Crippen LogP contribution in [0.15, 0.2) is 36.0 Å². The van der Waals surface area contributed by atoms with Crippen LogP contribution in [0.5, 0.6) is 0 Å². The van der Waals surface area contributed by atoms with E-state index in [1.165, 1.54) is 0 Å². The van der Waals surface area contributed by atoms with Crippen molar-refractivity contribution in [3.05, 3.63) is 36.0 Å². The molecule has 0 amide bonds. The summed E-state index contributed by atoms with van der Waals surface area (Å²) >= 11 is 0. The maximum absolute atomic E-state index is 10.6. The predicted molar refractivity (Wildman–Crippen MR) is 50.0 cm³/mol. The number of aliphatic carboxylic acids is 1. The highest BCUT2D eigenvalue weighted by atomic mass is 16.4. The topological polar surface area (TPSA) is 37.3 Å². The normalized spacial score (nSPS) is 12.8. The Labute approximate surface area is 72.9 Å². The summed E-state index contributed by atoms with van der Waals surface area (Å²) in [6.45, 7) is 7.12. The molecule has 0 aliphatic rings. The first kappa shape index (κ1) is 10.7. The van der Waals surface area contributed by atoms with Gasteiger partial charge in [0.25, 0.3) is 0 Å². The molecule has 12 heavy (non-hydrogen) atoms. The molecular formula is C10H14O2. The molecule has 1 N–H and O–H groups in total. The van der Waals surface area contributed by atoms with Gasteiger partial charge in [0.05, 0.1) is 0 Å². The van der Waals surface area contributed by atoms with Gasteiger partial charge in [-0.3, -0.25) is 0 Å². The molecule has 66 valence electrons. The van der Waals surface area contributed by atoms with Gasteiger partial charge in [-0.05, 0) is 18.9 Å². The van der Waals surface area contributed by atoms with Gasteiger partial charge in [0.15, 0.2) is 0 Å². The molecule has 0 fully saturated rings. The first-order valence-corrected chi connectivity index (χ1v) is 3.85. The minimum absolute atomic E-state index is 0.452. The highest BCUT2D eigenvalue weighted by molar-refractivity contribution is 5.87. The van der Waals surface area contributed by atoms with Crippen LogP contribution in [0.25, 0.3) is 0 Å². The van der Waals surface area contributed by atoms with Crippen LogP contribution in [0.4, 0.5) is 0 Å². The van der Waals surface area contributed by atoms with Crippen molar-refractivity contribution < 1.29 is 9.90 Å². The Hall–Kier alpha value is -1.31. The number of carboxylic acids is 1. The van der Waals surface area contributed by atoms with E-state index in [9.17, 15) is 4.79 Å². The van der Waals surface area contributed by atoms with E-state index in [2.05, 4.69) is 6.58 Å². The van der Waals surface area contributed by atoms with Crippen LogP contribution >= 0.6 is 0 Å². The highest BCUT2D eigenvalue weighted by Crippen LogP contribution is 2.09. The van der Waals surface area contributed by atoms with E-state index < -0.39 is 5.97 Å². The molecule has 2 heteroatoms. The Kier molecular flexibility index (Phi) is 4.77. The molecule has 0 heterocycles. The summed E-state index contributed by atoms with van der Waals surface area (Å²) in [7, 11) is 0. The van der Waals surface area contributed by atoms with Crippen molar-refractivity contribution in [1.29, 1.82) is 0 Å². The number of carbonyl (C=O) groups is 1. The van der Waals surface area contributed by atoms with Gasteiger partial charge in [-0.15, -0.1) is 0 Å². The van der Waals surface area contributed by atoms with Crippen LogP contribution in [0, 0.1) is 0 Å². The first-order valence-electron chi connectivity index (χ1n) is 3.85. The molecule has 0 aromatic carbocycles. The maximum atomic E-state index is 10.6. The number of allylic oxidation sites excluding steroid dienone is 4. The average molecular weight is 166 g/mol. The van der Waals surface area contributed by atoms with Gasteiger partial charge in [0, 0.05) is 5.57 Å². The SMILES string of the molecule is C=C/C=C\C(C)=C(/CC)C(=O)O. The van der Waals surface area contributed by atoms with Crippen molar-refractivity contribution >= 4 is 5.97 Å². The number of rotatable bonds is 4. The van der Waals surface area contributed by atoms with E-state index >= 15 is 0 Å². The Bertz CT molecular complexity index is 234. The molecule has 0 atom stereocenters. The third-order valence-electron chi connectivity index (χ3n) is 1.57. The molecular weight excluding hydrogens is 152 g/mol. The smallest absolute Gasteiger partial charge is 0.331 e. The van der Waals surface area contributed by atoms with E-state index in [4.69, 9.17) is 5.11 Å². The van der Waals surface area contributed by atoms with Crippen molar-refractivity contribution in [2.24, 2.45) is 0 Å². The fraction of sp³-hybridized carbons (Fsp3) is 0.300. The summed E-state index contributed by atoms with van der Waals surface area (Å²) < 4.78 is 0. The largest absolute Gasteiger partial charge is 0.478 e. The molecule has 0 rings (SSSR count). The van der Waals surface area contributed by atoms with E-state index in [0.29, 0.717) is 12.0 Å². The molecule has 0 aliphatic carbocycles. The zero-order valence-corrected chi connectivity index (χ0v) is 7.50. The lowest BCUT2D eigenvalue weighted by atomic mass is 10.1. The Balaban J connectivity index is 4.71. The molecule has 0 saturated heterocycles. The van der Waals surface area contributed by atoms with Crippen molar-refractivity contribution in [3.63, 3.8) is 0 Å². The van der Waals surface area contributed by atoms with Crippen LogP contribution in [0.3, 0.4) is 0 Å². The summed E-state index contributed by atoms with van der Waals surface area (Å²) in [5, 5.41) is 8.73. The van der Waals surface area contributed by atoms with Crippen LogP contribution in [-0.4, -0.2) is 11.1 Å². The maximum Gasteiger partial charge on any atom is 0.331 e. The van der Waals surface area contributed by atoms with Gasteiger partial charge in [-0.1, -0.05) is 31.7 Å². The lowest BCUT2D eigenvalue weighted by Crippen LogP contribution is -2.01. The summed E-state index contributed by atoms with van der Waals surface area (Å²) in [5.41, 5.74) is 1.23. The molecule has 0 unspecified atom stereocenters. The highest BCUT2D eigenvalue weighted by Gasteiger charge is 2.05.